The van der Waals surface area contributed by atoms with Gasteiger partial charge in [-0.25, -0.2) is 8.78 Å². The zero-order chi connectivity index (χ0) is 15.6. The molecule has 0 saturated carbocycles. The van der Waals surface area contributed by atoms with Crippen LogP contribution in [0, 0.1) is 28.7 Å². The van der Waals surface area contributed by atoms with Crippen molar-refractivity contribution in [2.75, 3.05) is 5.32 Å². The van der Waals surface area contributed by atoms with Gasteiger partial charge >= 0.3 is 5.82 Å². The van der Waals surface area contributed by atoms with E-state index in [4.69, 9.17) is 0 Å². The second-order valence-electron chi connectivity index (χ2n) is 4.20. The van der Waals surface area contributed by atoms with E-state index in [1.165, 1.54) is 11.5 Å². The molecule has 0 saturated heterocycles. The molecular formula is C12H10F2N4O3. The van der Waals surface area contributed by atoms with E-state index in [2.05, 4.69) is 10.3 Å². The number of carbonyl (C=O) groups is 1. The Kier molecular flexibility index (Phi) is 3.92. The van der Waals surface area contributed by atoms with Crippen molar-refractivity contribution in [1.29, 1.82) is 0 Å². The third-order valence-corrected chi connectivity index (χ3v) is 2.67. The highest BCUT2D eigenvalue weighted by Gasteiger charge is 2.17. The lowest BCUT2D eigenvalue weighted by molar-refractivity contribution is -0.389. The van der Waals surface area contributed by atoms with Gasteiger partial charge in [0.1, 0.15) is 24.4 Å². The second-order valence-corrected chi connectivity index (χ2v) is 4.20. The smallest absolute Gasteiger partial charge is 0.358 e. The first kappa shape index (κ1) is 14.6. The average molecular weight is 296 g/mol. The van der Waals surface area contributed by atoms with Gasteiger partial charge in [0, 0.05) is 13.0 Å². The van der Waals surface area contributed by atoms with E-state index in [0.29, 0.717) is 6.07 Å². The van der Waals surface area contributed by atoms with Crippen LogP contribution in [-0.2, 0) is 11.3 Å². The van der Waals surface area contributed by atoms with Crippen LogP contribution in [0.25, 0.3) is 0 Å². The van der Waals surface area contributed by atoms with Gasteiger partial charge in [0.15, 0.2) is 0 Å². The van der Waals surface area contributed by atoms with Crippen molar-refractivity contribution in [3.63, 3.8) is 0 Å². The Hall–Kier alpha value is -2.84. The van der Waals surface area contributed by atoms with Gasteiger partial charge < -0.3 is 15.4 Å². The summed E-state index contributed by atoms with van der Waals surface area (Å²) >= 11 is 0. The number of hydrogen-bond acceptors (Lipinski definition) is 4. The van der Waals surface area contributed by atoms with E-state index in [1.807, 2.05) is 0 Å². The summed E-state index contributed by atoms with van der Waals surface area (Å²) in [4.78, 5) is 25.3. The summed E-state index contributed by atoms with van der Waals surface area (Å²) in [6, 6.07) is 2.74. The van der Waals surface area contributed by atoms with Crippen molar-refractivity contribution in [2.45, 2.75) is 13.5 Å². The fourth-order valence-electron chi connectivity index (χ4n) is 1.67. The summed E-state index contributed by atoms with van der Waals surface area (Å²) < 4.78 is 27.4. The number of halogens is 2. The number of aryl methyl sites for hydroxylation is 1. The molecule has 0 fully saturated rings. The molecule has 9 heteroatoms. The Morgan fingerprint density at radius 3 is 2.76 bits per heavy atom. The van der Waals surface area contributed by atoms with Gasteiger partial charge in [-0.1, -0.05) is 0 Å². The number of rotatable bonds is 4. The number of anilines is 1. The molecule has 0 unspecified atom stereocenters. The Labute approximate surface area is 117 Å². The lowest BCUT2D eigenvalue weighted by atomic mass is 10.3. The normalized spacial score (nSPS) is 10.4. The van der Waals surface area contributed by atoms with Crippen LogP contribution in [0.2, 0.25) is 0 Å². The predicted molar refractivity (Wildman–Crippen MR) is 68.6 cm³/mol. The van der Waals surface area contributed by atoms with Gasteiger partial charge in [-0.15, -0.1) is 0 Å². The third-order valence-electron chi connectivity index (χ3n) is 2.67. The van der Waals surface area contributed by atoms with Gasteiger partial charge in [-0.2, -0.15) is 0 Å². The molecule has 0 radical (unpaired) electrons. The molecule has 0 aliphatic carbocycles. The molecule has 0 atom stereocenters. The SMILES string of the molecule is Cc1nc([N+](=O)[O-])cn1CC(=O)Nc1ccc(F)cc1F. The molecule has 7 nitrogen and oxygen atoms in total. The Bertz CT molecular complexity index is 715. The van der Waals surface area contributed by atoms with E-state index in [9.17, 15) is 23.7 Å². The highest BCUT2D eigenvalue weighted by atomic mass is 19.1. The molecule has 21 heavy (non-hydrogen) atoms. The van der Waals surface area contributed by atoms with E-state index in [0.717, 1.165) is 18.3 Å². The zero-order valence-corrected chi connectivity index (χ0v) is 10.8. The quantitative estimate of drug-likeness (QED) is 0.690. The first-order valence-corrected chi connectivity index (χ1v) is 5.80. The summed E-state index contributed by atoms with van der Waals surface area (Å²) in [5.41, 5.74) is -0.173. The number of carbonyl (C=O) groups excluding carboxylic acids is 1. The number of benzene rings is 1. The van der Waals surface area contributed by atoms with Crippen LogP contribution in [0.15, 0.2) is 24.4 Å². The minimum absolute atomic E-state index is 0.173. The number of imidazole rings is 1. The maximum atomic E-state index is 13.4. The molecule has 1 aromatic carbocycles. The summed E-state index contributed by atoms with van der Waals surface area (Å²) in [6.45, 7) is 1.22. The molecule has 1 aromatic heterocycles. The minimum atomic E-state index is -0.906. The predicted octanol–water partition coefficient (Wildman–Crippen LogP) is 2.02. The largest absolute Gasteiger partial charge is 0.381 e. The van der Waals surface area contributed by atoms with E-state index >= 15 is 0 Å². The molecule has 0 aliphatic rings. The Morgan fingerprint density at radius 1 is 1.48 bits per heavy atom. The van der Waals surface area contributed by atoms with Crippen LogP contribution in [0.4, 0.5) is 20.3 Å². The Balaban J connectivity index is 2.10. The monoisotopic (exact) mass is 296 g/mol. The first-order valence-electron chi connectivity index (χ1n) is 5.80. The molecule has 0 spiro atoms. The van der Waals surface area contributed by atoms with Crippen LogP contribution in [-0.4, -0.2) is 20.4 Å². The van der Waals surface area contributed by atoms with Gasteiger partial charge in [-0.3, -0.25) is 9.36 Å². The first-order chi connectivity index (χ1) is 9.86. The number of aromatic nitrogens is 2. The van der Waals surface area contributed by atoms with E-state index in [1.54, 1.807) is 0 Å². The average Bonchev–Trinajstić information content (AvgIpc) is 2.75. The van der Waals surface area contributed by atoms with Crippen LogP contribution >= 0.6 is 0 Å². The number of hydrogen-bond donors (Lipinski definition) is 1. The third kappa shape index (κ3) is 3.38. The standard InChI is InChI=1S/C12H10F2N4O3/c1-7-15-11(18(20)21)5-17(7)6-12(19)16-10-3-2-8(13)4-9(10)14/h2-5H,6H2,1H3,(H,16,19). The molecule has 1 amide bonds. The van der Waals surface area contributed by atoms with Crippen molar-refractivity contribution in [2.24, 2.45) is 0 Å². The minimum Gasteiger partial charge on any atom is -0.358 e. The lowest BCUT2D eigenvalue weighted by Gasteiger charge is -2.07. The zero-order valence-electron chi connectivity index (χ0n) is 10.8. The summed E-state index contributed by atoms with van der Waals surface area (Å²) in [5, 5.41) is 12.8. The van der Waals surface area contributed by atoms with E-state index < -0.39 is 22.5 Å². The topological polar surface area (TPSA) is 90.1 Å². The lowest BCUT2D eigenvalue weighted by Crippen LogP contribution is -2.19. The number of nitrogens with zero attached hydrogens (tertiary/aromatic N) is 3. The van der Waals surface area contributed by atoms with Crippen molar-refractivity contribution >= 4 is 17.4 Å². The van der Waals surface area contributed by atoms with Crippen molar-refractivity contribution in [1.82, 2.24) is 9.55 Å². The van der Waals surface area contributed by atoms with Crippen LogP contribution in [0.3, 0.4) is 0 Å². The number of nitro groups is 1. The van der Waals surface area contributed by atoms with E-state index in [-0.39, 0.29) is 23.9 Å². The molecule has 2 rings (SSSR count). The molecular weight excluding hydrogens is 286 g/mol. The van der Waals surface area contributed by atoms with Gasteiger partial charge in [0.2, 0.25) is 11.7 Å². The van der Waals surface area contributed by atoms with Crippen molar-refractivity contribution in [3.05, 3.63) is 52.0 Å². The molecule has 0 bridgehead atoms. The van der Waals surface area contributed by atoms with Gasteiger partial charge in [0.05, 0.1) is 5.69 Å². The van der Waals surface area contributed by atoms with Gasteiger partial charge in [-0.05, 0) is 22.0 Å². The molecule has 1 heterocycles. The summed E-state index contributed by atoms with van der Waals surface area (Å²) in [6.07, 6.45) is 1.11. The second kappa shape index (κ2) is 5.65. The number of nitrogens with one attached hydrogen (secondary N) is 1. The van der Waals surface area contributed by atoms with Crippen LogP contribution < -0.4 is 5.32 Å². The van der Waals surface area contributed by atoms with Crippen LogP contribution in [0.5, 0.6) is 0 Å². The van der Waals surface area contributed by atoms with Crippen molar-refractivity contribution in [3.8, 4) is 0 Å². The van der Waals surface area contributed by atoms with Crippen molar-refractivity contribution < 1.29 is 18.5 Å². The fourth-order valence-corrected chi connectivity index (χ4v) is 1.67. The molecule has 0 aliphatic heterocycles. The highest BCUT2D eigenvalue weighted by Crippen LogP contribution is 2.15. The maximum Gasteiger partial charge on any atom is 0.381 e. The maximum absolute atomic E-state index is 13.4. The Morgan fingerprint density at radius 2 is 2.19 bits per heavy atom. The fraction of sp³-hybridized carbons (Fsp3) is 0.167. The molecule has 2 aromatic rings. The summed E-state index contributed by atoms with van der Waals surface area (Å²) in [7, 11) is 0. The highest BCUT2D eigenvalue weighted by molar-refractivity contribution is 5.90. The number of amides is 1. The summed E-state index contributed by atoms with van der Waals surface area (Å²) in [5.74, 6) is -2.39. The molecule has 1 N–H and O–H groups in total. The van der Waals surface area contributed by atoms with Crippen LogP contribution in [0.1, 0.15) is 5.82 Å². The van der Waals surface area contributed by atoms with Gasteiger partial charge in [0.25, 0.3) is 0 Å². The molecule has 110 valence electrons.